The maximum absolute atomic E-state index is 6.05. The van der Waals surface area contributed by atoms with E-state index in [1.807, 2.05) is 18.2 Å². The first-order valence-corrected chi connectivity index (χ1v) is 5.90. The van der Waals surface area contributed by atoms with Gasteiger partial charge in [-0.2, -0.15) is 0 Å². The van der Waals surface area contributed by atoms with Crippen molar-refractivity contribution < 1.29 is 4.74 Å². The number of hydrogen-bond donors (Lipinski definition) is 0. The highest BCUT2D eigenvalue weighted by Crippen LogP contribution is 2.20. The van der Waals surface area contributed by atoms with Crippen LogP contribution in [0.2, 0.25) is 5.02 Å². The van der Waals surface area contributed by atoms with E-state index < -0.39 is 0 Å². The van der Waals surface area contributed by atoms with Gasteiger partial charge in [0.05, 0.1) is 0 Å². The van der Waals surface area contributed by atoms with E-state index >= 15 is 0 Å². The van der Waals surface area contributed by atoms with Gasteiger partial charge in [-0.15, -0.1) is 0 Å². The Balaban J connectivity index is 2.47. The number of benzene rings is 1. The highest BCUT2D eigenvalue weighted by molar-refractivity contribution is 9.09. The number of hydrogen-bond acceptors (Lipinski definition) is 1. The zero-order valence-corrected chi connectivity index (χ0v) is 10.5. The van der Waals surface area contributed by atoms with Crippen molar-refractivity contribution in [1.82, 2.24) is 0 Å². The van der Waals surface area contributed by atoms with Gasteiger partial charge in [-0.25, -0.2) is 0 Å². The first-order valence-electron chi connectivity index (χ1n) is 4.60. The van der Waals surface area contributed by atoms with E-state index in [0.717, 1.165) is 24.5 Å². The van der Waals surface area contributed by atoms with Gasteiger partial charge in [-0.1, -0.05) is 45.7 Å². The topological polar surface area (TPSA) is 9.23 Å². The van der Waals surface area contributed by atoms with Crippen LogP contribution in [0.25, 0.3) is 0 Å². The molecule has 1 aromatic carbocycles. The van der Waals surface area contributed by atoms with Crippen LogP contribution in [-0.4, -0.2) is 18.5 Å². The van der Waals surface area contributed by atoms with Gasteiger partial charge >= 0.3 is 0 Å². The second-order valence-corrected chi connectivity index (χ2v) is 4.88. The maximum Gasteiger partial charge on any atom is 0.0473 e. The van der Waals surface area contributed by atoms with Crippen molar-refractivity contribution in [3.63, 3.8) is 0 Å². The molecule has 0 aromatic heterocycles. The zero-order chi connectivity index (χ0) is 10.4. The molecule has 1 nitrogen and oxygen atoms in total. The Morgan fingerprint density at radius 3 is 2.79 bits per heavy atom. The van der Waals surface area contributed by atoms with Crippen LogP contribution in [0.4, 0.5) is 0 Å². The lowest BCUT2D eigenvalue weighted by Crippen LogP contribution is -2.06. The molecule has 0 spiro atoms. The third kappa shape index (κ3) is 3.99. The van der Waals surface area contributed by atoms with Crippen molar-refractivity contribution in [3.8, 4) is 0 Å². The molecule has 1 atom stereocenters. The first kappa shape index (κ1) is 12.0. The summed E-state index contributed by atoms with van der Waals surface area (Å²) < 4.78 is 5.02. The summed E-state index contributed by atoms with van der Waals surface area (Å²) in [5, 5.41) is 0.842. The SMILES string of the molecule is COCCC(Br)Cc1ccccc1Cl. The molecule has 0 radical (unpaired) electrons. The van der Waals surface area contributed by atoms with E-state index in [1.165, 1.54) is 5.56 Å². The van der Waals surface area contributed by atoms with E-state index in [9.17, 15) is 0 Å². The number of methoxy groups -OCH3 is 1. The van der Waals surface area contributed by atoms with Crippen molar-refractivity contribution in [2.75, 3.05) is 13.7 Å². The molecule has 0 amide bonds. The van der Waals surface area contributed by atoms with Gasteiger partial charge in [0.2, 0.25) is 0 Å². The zero-order valence-electron chi connectivity index (χ0n) is 8.17. The third-order valence-electron chi connectivity index (χ3n) is 2.03. The van der Waals surface area contributed by atoms with Crippen molar-refractivity contribution in [2.45, 2.75) is 17.7 Å². The van der Waals surface area contributed by atoms with Crippen molar-refractivity contribution in [3.05, 3.63) is 34.9 Å². The predicted octanol–water partition coefficient (Wildman–Crippen LogP) is 3.68. The molecular formula is C11H14BrClO. The predicted molar refractivity (Wildman–Crippen MR) is 64.4 cm³/mol. The number of rotatable bonds is 5. The lowest BCUT2D eigenvalue weighted by atomic mass is 10.1. The van der Waals surface area contributed by atoms with E-state index in [4.69, 9.17) is 16.3 Å². The molecule has 0 saturated carbocycles. The smallest absolute Gasteiger partial charge is 0.0473 e. The minimum atomic E-state index is 0.433. The number of alkyl halides is 1. The van der Waals surface area contributed by atoms with Crippen LogP contribution >= 0.6 is 27.5 Å². The Morgan fingerprint density at radius 1 is 1.43 bits per heavy atom. The third-order valence-corrected chi connectivity index (χ3v) is 3.18. The van der Waals surface area contributed by atoms with Gasteiger partial charge in [-0.05, 0) is 24.5 Å². The summed E-state index contributed by atoms with van der Waals surface area (Å²) in [4.78, 5) is 0.433. The van der Waals surface area contributed by atoms with Crippen LogP contribution < -0.4 is 0 Å². The molecule has 0 bridgehead atoms. The van der Waals surface area contributed by atoms with Crippen molar-refractivity contribution in [1.29, 1.82) is 0 Å². The van der Waals surface area contributed by atoms with E-state index in [-0.39, 0.29) is 0 Å². The second kappa shape index (κ2) is 6.44. The first-order chi connectivity index (χ1) is 6.74. The van der Waals surface area contributed by atoms with Crippen LogP contribution in [0.15, 0.2) is 24.3 Å². The van der Waals surface area contributed by atoms with Crippen molar-refractivity contribution >= 4 is 27.5 Å². The fraction of sp³-hybridized carbons (Fsp3) is 0.455. The van der Waals surface area contributed by atoms with Crippen molar-refractivity contribution in [2.24, 2.45) is 0 Å². The molecule has 1 rings (SSSR count). The normalized spacial score (nSPS) is 12.8. The monoisotopic (exact) mass is 276 g/mol. The summed E-state index contributed by atoms with van der Waals surface area (Å²) >= 11 is 9.66. The minimum Gasteiger partial charge on any atom is -0.385 e. The molecule has 0 saturated heterocycles. The van der Waals surface area contributed by atoms with Crippen LogP contribution in [0.3, 0.4) is 0 Å². The highest BCUT2D eigenvalue weighted by atomic mass is 79.9. The Hall–Kier alpha value is -0.0500. The standard InChI is InChI=1S/C11H14BrClO/c1-14-7-6-10(12)8-9-4-2-3-5-11(9)13/h2-5,10H,6-8H2,1H3. The molecule has 14 heavy (non-hydrogen) atoms. The minimum absolute atomic E-state index is 0.433. The summed E-state index contributed by atoms with van der Waals surface area (Å²) in [6.45, 7) is 0.778. The summed E-state index contributed by atoms with van der Waals surface area (Å²) in [5.74, 6) is 0. The molecule has 0 aliphatic heterocycles. The molecule has 0 heterocycles. The van der Waals surface area contributed by atoms with E-state index in [1.54, 1.807) is 7.11 Å². The maximum atomic E-state index is 6.05. The van der Waals surface area contributed by atoms with E-state index in [0.29, 0.717) is 4.83 Å². The Bertz CT molecular complexity index is 278. The molecule has 0 N–H and O–H groups in total. The molecule has 0 aliphatic carbocycles. The molecule has 1 aromatic rings. The average molecular weight is 278 g/mol. The van der Waals surface area contributed by atoms with Gasteiger partial charge in [0, 0.05) is 23.6 Å². The Kier molecular flexibility index (Phi) is 5.53. The molecule has 1 unspecified atom stereocenters. The lowest BCUT2D eigenvalue weighted by Gasteiger charge is -2.10. The molecule has 0 fully saturated rings. The van der Waals surface area contributed by atoms with Crippen LogP contribution in [-0.2, 0) is 11.2 Å². The van der Waals surface area contributed by atoms with Gasteiger partial charge in [0.15, 0.2) is 0 Å². The Labute approximate surface area is 98.5 Å². The summed E-state index contributed by atoms with van der Waals surface area (Å²) in [6.07, 6.45) is 1.95. The highest BCUT2D eigenvalue weighted by Gasteiger charge is 2.07. The molecule has 0 aliphatic rings. The van der Waals surface area contributed by atoms with Gasteiger partial charge in [0.1, 0.15) is 0 Å². The second-order valence-electron chi connectivity index (χ2n) is 3.17. The van der Waals surface area contributed by atoms with E-state index in [2.05, 4.69) is 22.0 Å². The lowest BCUT2D eigenvalue weighted by molar-refractivity contribution is 0.194. The summed E-state index contributed by atoms with van der Waals surface area (Å²) in [7, 11) is 1.72. The fourth-order valence-electron chi connectivity index (χ4n) is 1.25. The van der Waals surface area contributed by atoms with Crippen LogP contribution in [0.5, 0.6) is 0 Å². The van der Waals surface area contributed by atoms with Crippen LogP contribution in [0, 0.1) is 0 Å². The molecular weight excluding hydrogens is 263 g/mol. The largest absolute Gasteiger partial charge is 0.385 e. The molecule has 78 valence electrons. The fourth-order valence-corrected chi connectivity index (χ4v) is 2.00. The van der Waals surface area contributed by atoms with Gasteiger partial charge in [0.25, 0.3) is 0 Å². The average Bonchev–Trinajstić information content (AvgIpc) is 2.18. The molecule has 3 heteroatoms. The van der Waals surface area contributed by atoms with Crippen LogP contribution in [0.1, 0.15) is 12.0 Å². The number of halogens is 2. The summed E-state index contributed by atoms with van der Waals surface area (Å²) in [5.41, 5.74) is 1.19. The number of ether oxygens (including phenoxy) is 1. The van der Waals surface area contributed by atoms with Gasteiger partial charge in [-0.3, -0.25) is 0 Å². The quantitative estimate of drug-likeness (QED) is 0.746. The Morgan fingerprint density at radius 2 is 2.14 bits per heavy atom. The summed E-state index contributed by atoms with van der Waals surface area (Å²) in [6, 6.07) is 7.94. The van der Waals surface area contributed by atoms with Gasteiger partial charge < -0.3 is 4.74 Å².